The van der Waals surface area contributed by atoms with Crippen molar-refractivity contribution >= 4 is 181 Å². The molecule has 4 radical (unpaired) electrons. The van der Waals surface area contributed by atoms with Gasteiger partial charge in [0.1, 0.15) is 0 Å². The molecule has 6 saturated heterocycles. The number of hydrogen-bond donors (Lipinski definition) is 0. The normalized spacial score (nSPS) is 16.3. The molecule has 728 valence electrons. The van der Waals surface area contributed by atoms with Crippen molar-refractivity contribution in [1.29, 1.82) is 0 Å². The average Bonchev–Trinajstić information content (AvgIpc) is 1.19. The van der Waals surface area contributed by atoms with E-state index < -0.39 is 0 Å². The number of anilines is 10. The second-order valence-electron chi connectivity index (χ2n) is 33.9. The maximum Gasteiger partial charge on any atom is 2.00 e. The monoisotopic (exact) mass is 2950 g/mol. The molecule has 32 nitrogen and oxygen atoms in total. The largest absolute Gasteiger partial charge is 2.00 e. The number of para-hydroxylation sites is 4. The van der Waals surface area contributed by atoms with Crippen LogP contribution in [-0.2, 0) is 126 Å². The summed E-state index contributed by atoms with van der Waals surface area (Å²) in [6.07, 6.45) is 23.3. The predicted octanol–water partition coefficient (Wildman–Crippen LogP) is 9.15. The van der Waals surface area contributed by atoms with Crippen LogP contribution in [0.2, 0.25) is 81.9 Å². The molecule has 0 saturated carbocycles. The minimum atomic E-state index is -0.131. The molecule has 0 bridgehead atoms. The van der Waals surface area contributed by atoms with Crippen LogP contribution in [-0.4, -0.2) is 254 Å². The summed E-state index contributed by atoms with van der Waals surface area (Å²) in [7, 11) is 3.72. The predicted molar refractivity (Wildman–Crippen MR) is 553 cm³/mol. The third kappa shape index (κ3) is 31.5. The Balaban J connectivity index is 0.000000283. The summed E-state index contributed by atoms with van der Waals surface area (Å²) in [5.41, 5.74) is 5.03. The SMILES string of the molecule is CB1N(C)[CH-]N(c2ccc[n-]2)B(C)N1C(C)C.CCCCCCN1B(C)N(c2ccccc2)[SiH]N(c2ncn[n-]2)B1C.CCCCCN1B(C)N(c2ccccc2)[SiH]N(c2ncn[n-]2)B1C.CCCCN1B(C)N(c2ccccc2)[SiH]N(c2ncn[n-]2)B1C.CCCN1B(C)N(C)[CH-]N(c2ccc[n-]2)B1C.CCCN1B(C)N(c2ccccc2)[SiH]N(c2ncn[n-]2)B1C.[Pt+2].[Pt+2].[Pt].[Pt].[Pt].[Pt]. The van der Waals surface area contributed by atoms with Gasteiger partial charge >= 0.3 is 70.1 Å². The molecule has 6 aliphatic heterocycles. The van der Waals surface area contributed by atoms with Crippen molar-refractivity contribution < 1.29 is 126 Å². The number of benzene rings is 4. The Morgan fingerprint density at radius 2 is 0.567 bits per heavy atom. The zero-order valence-corrected chi connectivity index (χ0v) is 100. The van der Waals surface area contributed by atoms with Crippen LogP contribution in [0.15, 0.2) is 183 Å². The van der Waals surface area contributed by atoms with E-state index in [0.717, 1.165) is 74.6 Å². The van der Waals surface area contributed by atoms with Gasteiger partial charge in [0.15, 0.2) is 53.3 Å². The van der Waals surface area contributed by atoms with E-state index in [1.54, 1.807) is 0 Å². The summed E-state index contributed by atoms with van der Waals surface area (Å²) in [6.45, 7) is 56.7. The molecule has 0 unspecified atom stereocenters. The number of aromatic nitrogens is 14. The quantitative estimate of drug-likeness (QED) is 0.0264. The molecular formula is C80H132B12N32Pt6Si4-4. The number of hydrogen-bond acceptors (Lipinski definition) is 26. The van der Waals surface area contributed by atoms with Crippen molar-refractivity contribution in [2.24, 2.45) is 0 Å². The first kappa shape index (κ1) is 120. The van der Waals surface area contributed by atoms with Gasteiger partial charge in [-0.25, -0.2) is 20.4 Å². The van der Waals surface area contributed by atoms with Crippen molar-refractivity contribution in [3.8, 4) is 0 Å². The van der Waals surface area contributed by atoms with Gasteiger partial charge in [-0.15, -0.1) is 0 Å². The van der Waals surface area contributed by atoms with Crippen molar-refractivity contribution in [2.75, 3.05) is 92.3 Å². The fourth-order valence-corrected chi connectivity index (χ4v) is 23.9. The molecule has 12 heterocycles. The standard InChI is InChI=1S/C16H26B2N6Si.C15H24B2N6Si.C14H22B2N6Si.C13H20B2N6Si.2C11H20B2N4.6Pt/c1-4-5-6-10-13-22-17(2)23(15-11-8-7-9-12-15)25-24(18(22)3)16-19-14-20-21-16;1-4-5-9-12-21-16(2)22(14-10-7-6-8-11-14)24-23(17(21)3)15-18-13-19-20-15;1-4-5-11-20-15(2)21(13-9-7-6-8-10-13)23-22(16(20)3)14-17-12-18-19-14;1-4-10-19-14(2)20(12-8-6-5-7-9-12)22-21(15(19)3)13-16-11-17-18-13;1-10(2)17-12(3)15(5)9-16(13(17)4)11-7-6-8-14-11;1-5-9-17-12(2)15(4)10-16(13(17)3)11-7-6-8-14-11;;;;;;/h7-9,11-12,14,25H,4-6,10,13H2,1-3H3;6-8,10-11,13,24H,4-5,9,12H2,1-3H3;6-10,12,23H,4-5,11H2,1-3H3;5-9,11,22H,4,10H2,1-3H3;6-10H,1-5H3;6-8,10H,5,9H2,1-4H3;;;;;;/q4*-1;2*-2;;;;;2*+2. The average molecular weight is 2950 g/mol. The maximum atomic E-state index is 4.39. The Kier molecular flexibility index (Phi) is 54.9. The van der Waals surface area contributed by atoms with Crippen LogP contribution in [0.4, 0.5) is 58.2 Å². The minimum Gasteiger partial charge on any atom is -0.620 e. The van der Waals surface area contributed by atoms with E-state index in [-0.39, 0.29) is 194 Å². The van der Waals surface area contributed by atoms with Gasteiger partial charge in [0.25, 0.3) is 14.0 Å². The zero-order valence-electron chi connectivity index (χ0n) is 81.8. The van der Waals surface area contributed by atoms with E-state index in [4.69, 9.17) is 0 Å². The van der Waals surface area contributed by atoms with Gasteiger partial charge in [0, 0.05) is 131 Å². The van der Waals surface area contributed by atoms with E-state index in [0.29, 0.717) is 61.9 Å². The molecule has 6 aromatic heterocycles. The maximum absolute atomic E-state index is 4.39. The molecule has 0 N–H and O–H groups in total. The second kappa shape index (κ2) is 61.3. The summed E-state index contributed by atoms with van der Waals surface area (Å²) < 4.78 is 34.3. The molecule has 6 fully saturated rings. The first-order valence-corrected chi connectivity index (χ1v) is 50.7. The zero-order chi connectivity index (χ0) is 91.3. The summed E-state index contributed by atoms with van der Waals surface area (Å²) in [6, 6.07) is 51.1. The Morgan fingerprint density at radius 3 is 0.843 bits per heavy atom. The molecule has 0 aliphatic carbocycles. The molecule has 0 spiro atoms. The number of nitrogens with zero attached hydrogens (tertiary/aromatic N) is 32. The first-order chi connectivity index (χ1) is 62.0. The van der Waals surface area contributed by atoms with Crippen LogP contribution in [0.1, 0.15) is 119 Å². The van der Waals surface area contributed by atoms with E-state index in [1.165, 1.54) is 112 Å². The van der Waals surface area contributed by atoms with Gasteiger partial charge < -0.3 is 113 Å². The molecule has 134 heavy (non-hydrogen) atoms. The van der Waals surface area contributed by atoms with Crippen LogP contribution in [0.5, 0.6) is 0 Å². The summed E-state index contributed by atoms with van der Waals surface area (Å²) in [5, 5.41) is 32.4. The van der Waals surface area contributed by atoms with Crippen LogP contribution >= 0.6 is 0 Å². The van der Waals surface area contributed by atoms with Gasteiger partial charge in [-0.3, -0.25) is 33.7 Å². The van der Waals surface area contributed by atoms with Gasteiger partial charge in [-0.1, -0.05) is 304 Å². The molecule has 16 rings (SSSR count). The molecule has 0 atom stereocenters. The molecule has 6 aliphatic rings. The Bertz CT molecular complexity index is 4630. The molecule has 54 heteroatoms. The summed E-state index contributed by atoms with van der Waals surface area (Å²) in [5.74, 6) is 5.00. The van der Waals surface area contributed by atoms with Crippen LogP contribution < -0.4 is 75.8 Å². The van der Waals surface area contributed by atoms with Gasteiger partial charge in [0.2, 0.25) is 27.9 Å². The summed E-state index contributed by atoms with van der Waals surface area (Å²) >= 11 is 0. The smallest absolute Gasteiger partial charge is 0.620 e. The van der Waals surface area contributed by atoms with Crippen molar-refractivity contribution in [3.63, 3.8) is 0 Å². The molecule has 0 amide bonds. The third-order valence-corrected chi connectivity index (χ3v) is 32.9. The fraction of sp³-hybridized carbons (Fsp3) is 0.475. The second-order valence-corrected chi connectivity index (χ2v) is 39.3. The van der Waals surface area contributed by atoms with E-state index in [2.05, 4.69) is 445 Å². The molecular weight excluding hydrogens is 2820 g/mol. The summed E-state index contributed by atoms with van der Waals surface area (Å²) in [4.78, 5) is 35.0. The Hall–Kier alpha value is -4.54. The van der Waals surface area contributed by atoms with E-state index in [1.807, 2.05) is 24.5 Å². The first-order valence-electron chi connectivity index (χ1n) is 46.6. The van der Waals surface area contributed by atoms with Crippen LogP contribution in [0, 0.1) is 13.3 Å². The molecule has 4 aromatic carbocycles. The molecule has 10 aromatic rings. The van der Waals surface area contributed by atoms with Gasteiger partial charge in [-0.05, 0) is 119 Å². The number of rotatable bonds is 27. The van der Waals surface area contributed by atoms with Crippen LogP contribution in [0.25, 0.3) is 0 Å². The Labute approximate surface area is 903 Å². The third-order valence-electron chi connectivity index (χ3n) is 25.3. The van der Waals surface area contributed by atoms with Crippen molar-refractivity contribution in [2.45, 2.75) is 207 Å². The van der Waals surface area contributed by atoms with Crippen molar-refractivity contribution in [3.05, 3.63) is 197 Å². The Morgan fingerprint density at radius 1 is 0.299 bits per heavy atom. The minimum absolute atomic E-state index is 0. The number of unbranched alkanes of at least 4 members (excludes halogenated alkanes) is 6. The van der Waals surface area contributed by atoms with Crippen LogP contribution in [0.3, 0.4) is 0 Å². The fourth-order valence-electron chi connectivity index (χ4n) is 17.8. The van der Waals surface area contributed by atoms with Crippen molar-refractivity contribution in [1.82, 2.24) is 109 Å². The van der Waals surface area contributed by atoms with Gasteiger partial charge in [-0.2, -0.15) is 0 Å². The van der Waals surface area contributed by atoms with E-state index in [9.17, 15) is 0 Å². The van der Waals surface area contributed by atoms with Gasteiger partial charge in [0.05, 0.1) is 25.3 Å². The van der Waals surface area contributed by atoms with E-state index >= 15 is 0 Å². The topological polar surface area (TPSA) is 246 Å².